The molecule has 0 fully saturated rings. The quantitative estimate of drug-likeness (QED) is 0.627. The Kier molecular flexibility index (Phi) is 2.81. The van der Waals surface area contributed by atoms with Crippen LogP contribution in [-0.4, -0.2) is 16.2 Å². The van der Waals surface area contributed by atoms with Crippen molar-refractivity contribution in [2.24, 2.45) is 0 Å². The van der Waals surface area contributed by atoms with Crippen LogP contribution >= 0.6 is 15.9 Å². The van der Waals surface area contributed by atoms with Crippen molar-refractivity contribution in [1.29, 1.82) is 0 Å². The molecule has 4 heteroatoms. The molecule has 0 spiro atoms. The van der Waals surface area contributed by atoms with Crippen LogP contribution in [0.2, 0.25) is 0 Å². The third kappa shape index (κ3) is 1.82. The normalized spacial score (nSPS) is 9.83. The molecule has 1 rings (SSSR count). The summed E-state index contributed by atoms with van der Waals surface area (Å²) in [6.45, 7) is 0. The Hall–Kier alpha value is -0.900. The lowest BCUT2D eigenvalue weighted by molar-refractivity contribution is 0.102. The summed E-state index contributed by atoms with van der Waals surface area (Å²) in [6, 6.07) is 3.27. The third-order valence-electron chi connectivity index (χ3n) is 1.38. The highest BCUT2D eigenvalue weighted by Crippen LogP contribution is 2.18. The van der Waals surface area contributed by atoms with Crippen LogP contribution in [0.25, 0.3) is 0 Å². The van der Waals surface area contributed by atoms with E-state index in [9.17, 15) is 9.18 Å². The number of phenolic OH excluding ortho intramolecular Hbond substituents is 1. The van der Waals surface area contributed by atoms with Crippen LogP contribution in [0.15, 0.2) is 18.2 Å². The maximum atomic E-state index is 12.6. The molecule has 0 aromatic heterocycles. The fraction of sp³-hybridized carbons (Fsp3) is 0.125. The fourth-order valence-electron chi connectivity index (χ4n) is 0.804. The lowest BCUT2D eigenvalue weighted by Crippen LogP contribution is -2.00. The Labute approximate surface area is 77.2 Å². The minimum atomic E-state index is -0.530. The lowest BCUT2D eigenvalue weighted by Gasteiger charge is -2.00. The van der Waals surface area contributed by atoms with Crippen LogP contribution in [-0.2, 0) is 0 Å². The molecule has 0 saturated heterocycles. The van der Waals surface area contributed by atoms with Gasteiger partial charge in [0, 0.05) is 0 Å². The summed E-state index contributed by atoms with van der Waals surface area (Å²) in [7, 11) is 0. The molecule has 0 amide bonds. The third-order valence-corrected chi connectivity index (χ3v) is 1.89. The molecule has 0 aliphatic carbocycles. The molecule has 0 aliphatic rings. The standard InChI is InChI=1S/C8H6BrFO2/c9-4-8(12)6-3-5(10)1-2-7(6)11/h1-3,11H,4H2. The minimum absolute atomic E-state index is 0.00637. The number of Topliss-reactive ketones (excluding diaryl/α,β-unsaturated/α-hetero) is 1. The molecule has 1 N–H and O–H groups in total. The Bertz CT molecular complexity index is 312. The molecule has 0 heterocycles. The van der Waals surface area contributed by atoms with E-state index >= 15 is 0 Å². The molecule has 0 saturated carbocycles. The Morgan fingerprint density at radius 1 is 1.58 bits per heavy atom. The second-order valence-corrected chi connectivity index (χ2v) is 2.78. The number of carbonyl (C=O) groups is 1. The lowest BCUT2D eigenvalue weighted by atomic mass is 10.1. The monoisotopic (exact) mass is 232 g/mol. The molecule has 64 valence electrons. The van der Waals surface area contributed by atoms with Gasteiger partial charge in [0.2, 0.25) is 0 Å². The van der Waals surface area contributed by atoms with E-state index in [4.69, 9.17) is 5.11 Å². The highest BCUT2D eigenvalue weighted by atomic mass is 79.9. The van der Waals surface area contributed by atoms with Crippen LogP contribution in [0.1, 0.15) is 10.4 Å². The summed E-state index contributed by atoms with van der Waals surface area (Å²) >= 11 is 2.93. The van der Waals surface area contributed by atoms with Gasteiger partial charge in [-0.2, -0.15) is 0 Å². The molecule has 0 bridgehead atoms. The van der Waals surface area contributed by atoms with E-state index in [1.807, 2.05) is 0 Å². The Morgan fingerprint density at radius 2 is 2.25 bits per heavy atom. The Balaban J connectivity index is 3.13. The summed E-state index contributed by atoms with van der Waals surface area (Å²) < 4.78 is 12.6. The molecule has 0 radical (unpaired) electrons. The zero-order valence-corrected chi connectivity index (χ0v) is 7.64. The number of carbonyl (C=O) groups excluding carboxylic acids is 1. The summed E-state index contributed by atoms with van der Waals surface area (Å²) in [6.07, 6.45) is 0. The molecule has 12 heavy (non-hydrogen) atoms. The van der Waals surface area contributed by atoms with Crippen molar-refractivity contribution in [1.82, 2.24) is 0 Å². The van der Waals surface area contributed by atoms with Crippen LogP contribution < -0.4 is 0 Å². The molecular formula is C8H6BrFO2. The van der Waals surface area contributed by atoms with Gasteiger partial charge in [-0.1, -0.05) is 15.9 Å². The molecule has 1 aromatic carbocycles. The van der Waals surface area contributed by atoms with Gasteiger partial charge in [-0.05, 0) is 18.2 Å². The molecule has 0 unspecified atom stereocenters. The molecular weight excluding hydrogens is 227 g/mol. The van der Waals surface area contributed by atoms with Gasteiger partial charge in [0.25, 0.3) is 0 Å². The van der Waals surface area contributed by atoms with E-state index in [1.54, 1.807) is 0 Å². The highest BCUT2D eigenvalue weighted by Gasteiger charge is 2.09. The molecule has 2 nitrogen and oxygen atoms in total. The van der Waals surface area contributed by atoms with Crippen LogP contribution in [0.5, 0.6) is 5.75 Å². The predicted octanol–water partition coefficient (Wildman–Crippen LogP) is 2.11. The largest absolute Gasteiger partial charge is 0.507 e. The fourth-order valence-corrected chi connectivity index (χ4v) is 1.11. The second-order valence-electron chi connectivity index (χ2n) is 2.22. The first-order chi connectivity index (χ1) is 5.65. The average molecular weight is 233 g/mol. The van der Waals surface area contributed by atoms with Crippen molar-refractivity contribution in [2.45, 2.75) is 0 Å². The summed E-state index contributed by atoms with van der Waals surface area (Å²) in [4.78, 5) is 11.0. The second kappa shape index (κ2) is 3.67. The summed E-state index contributed by atoms with van der Waals surface area (Å²) in [5.74, 6) is -1.06. The van der Waals surface area contributed by atoms with Crippen LogP contribution in [0.3, 0.4) is 0 Å². The Morgan fingerprint density at radius 3 is 2.83 bits per heavy atom. The van der Waals surface area contributed by atoms with Crippen molar-refractivity contribution in [3.05, 3.63) is 29.6 Å². The van der Waals surface area contributed by atoms with Gasteiger partial charge < -0.3 is 5.11 Å². The van der Waals surface area contributed by atoms with E-state index in [1.165, 1.54) is 0 Å². The number of hydrogen-bond donors (Lipinski definition) is 1. The number of alkyl halides is 1. The van der Waals surface area contributed by atoms with Gasteiger partial charge in [0.1, 0.15) is 11.6 Å². The average Bonchev–Trinajstić information content (AvgIpc) is 2.08. The number of ketones is 1. The van der Waals surface area contributed by atoms with Crippen LogP contribution in [0.4, 0.5) is 4.39 Å². The van der Waals surface area contributed by atoms with Gasteiger partial charge in [0.05, 0.1) is 10.9 Å². The highest BCUT2D eigenvalue weighted by molar-refractivity contribution is 9.09. The van der Waals surface area contributed by atoms with Crippen LogP contribution in [0, 0.1) is 5.82 Å². The van der Waals surface area contributed by atoms with Gasteiger partial charge in [-0.15, -0.1) is 0 Å². The smallest absolute Gasteiger partial charge is 0.177 e. The van der Waals surface area contributed by atoms with Gasteiger partial charge in [-0.25, -0.2) is 4.39 Å². The summed E-state index contributed by atoms with van der Waals surface area (Å²) in [5, 5.41) is 9.20. The molecule has 0 aliphatic heterocycles. The van der Waals surface area contributed by atoms with E-state index in [0.29, 0.717) is 0 Å². The zero-order chi connectivity index (χ0) is 9.14. The van der Waals surface area contributed by atoms with E-state index in [0.717, 1.165) is 18.2 Å². The number of aromatic hydroxyl groups is 1. The SMILES string of the molecule is O=C(CBr)c1cc(F)ccc1O. The number of halogens is 2. The van der Waals surface area contributed by atoms with Crippen molar-refractivity contribution in [3.8, 4) is 5.75 Å². The topological polar surface area (TPSA) is 37.3 Å². The number of rotatable bonds is 2. The maximum absolute atomic E-state index is 12.6. The number of phenols is 1. The number of benzene rings is 1. The molecule has 0 atom stereocenters. The van der Waals surface area contributed by atoms with Crippen molar-refractivity contribution < 1.29 is 14.3 Å². The summed E-state index contributed by atoms with van der Waals surface area (Å²) in [5.41, 5.74) is 0.00637. The van der Waals surface area contributed by atoms with E-state index < -0.39 is 5.82 Å². The van der Waals surface area contributed by atoms with Gasteiger partial charge >= 0.3 is 0 Å². The molecule has 1 aromatic rings. The van der Waals surface area contributed by atoms with Gasteiger partial charge in [-0.3, -0.25) is 4.79 Å². The first kappa shape index (κ1) is 9.19. The predicted molar refractivity (Wildman–Crippen MR) is 46.2 cm³/mol. The zero-order valence-electron chi connectivity index (χ0n) is 6.05. The minimum Gasteiger partial charge on any atom is -0.507 e. The van der Waals surface area contributed by atoms with E-state index in [2.05, 4.69) is 15.9 Å². The van der Waals surface area contributed by atoms with Gasteiger partial charge in [0.15, 0.2) is 5.78 Å². The maximum Gasteiger partial charge on any atom is 0.177 e. The van der Waals surface area contributed by atoms with Crippen molar-refractivity contribution in [3.63, 3.8) is 0 Å². The van der Waals surface area contributed by atoms with E-state index in [-0.39, 0.29) is 22.4 Å². The number of hydrogen-bond acceptors (Lipinski definition) is 2. The first-order valence-corrected chi connectivity index (χ1v) is 4.35. The van der Waals surface area contributed by atoms with Crippen molar-refractivity contribution in [2.75, 3.05) is 5.33 Å². The first-order valence-electron chi connectivity index (χ1n) is 3.23. The van der Waals surface area contributed by atoms with Crippen molar-refractivity contribution >= 4 is 21.7 Å².